The Hall–Kier alpha value is -1.11. The van der Waals surface area contributed by atoms with Gasteiger partial charge in [-0.1, -0.05) is 31.5 Å². The molecule has 21 heavy (non-hydrogen) atoms. The van der Waals surface area contributed by atoms with E-state index in [2.05, 4.69) is 22.4 Å². The highest BCUT2D eigenvalue weighted by Crippen LogP contribution is 2.31. The number of rotatable bonds is 4. The van der Waals surface area contributed by atoms with Gasteiger partial charge < -0.3 is 4.90 Å². The van der Waals surface area contributed by atoms with Gasteiger partial charge in [-0.2, -0.15) is 0 Å². The minimum absolute atomic E-state index is 0.215. The van der Waals surface area contributed by atoms with Gasteiger partial charge in [-0.25, -0.2) is 4.68 Å². The second-order valence-electron chi connectivity index (χ2n) is 6.22. The summed E-state index contributed by atoms with van der Waals surface area (Å²) < 4.78 is 1.92. The molecule has 3 rings (SSSR count). The number of tetrazole rings is 1. The number of carbonyl (C=O) groups excluding carboxylic acids is 1. The predicted molar refractivity (Wildman–Crippen MR) is 81.0 cm³/mol. The molecule has 2 fully saturated rings. The fraction of sp³-hybridized carbons (Fsp3) is 0.857. The van der Waals surface area contributed by atoms with Crippen LogP contribution in [0.5, 0.6) is 0 Å². The molecule has 0 bridgehead atoms. The highest BCUT2D eigenvalue weighted by molar-refractivity contribution is 7.99. The molecular weight excluding hydrogens is 286 g/mol. The van der Waals surface area contributed by atoms with E-state index in [4.69, 9.17) is 0 Å². The standard InChI is InChI=1S/C14H23N5OS/c1-11-5-4-8-18(9-11)13(20)10-21-14-15-16-17-19(14)12-6-2-3-7-12/h11-12H,2-10H2,1H3. The molecule has 0 N–H and O–H groups in total. The predicted octanol–water partition coefficient (Wildman–Crippen LogP) is 2.14. The zero-order valence-corrected chi connectivity index (χ0v) is 13.4. The molecule has 1 atom stereocenters. The van der Waals surface area contributed by atoms with Crippen molar-refractivity contribution in [1.29, 1.82) is 0 Å². The van der Waals surface area contributed by atoms with Gasteiger partial charge in [0.1, 0.15) is 0 Å². The van der Waals surface area contributed by atoms with Crippen molar-refractivity contribution in [3.05, 3.63) is 0 Å². The van der Waals surface area contributed by atoms with Gasteiger partial charge in [-0.15, -0.1) is 5.10 Å². The summed E-state index contributed by atoms with van der Waals surface area (Å²) in [5.74, 6) is 1.28. The van der Waals surface area contributed by atoms with E-state index in [-0.39, 0.29) is 5.91 Å². The maximum Gasteiger partial charge on any atom is 0.233 e. The third-order valence-corrected chi connectivity index (χ3v) is 5.39. The van der Waals surface area contributed by atoms with Gasteiger partial charge in [0.05, 0.1) is 11.8 Å². The van der Waals surface area contributed by atoms with Crippen molar-refractivity contribution < 1.29 is 4.79 Å². The van der Waals surface area contributed by atoms with Gasteiger partial charge in [-0.3, -0.25) is 4.79 Å². The smallest absolute Gasteiger partial charge is 0.233 e. The van der Waals surface area contributed by atoms with Crippen LogP contribution in [0, 0.1) is 5.92 Å². The van der Waals surface area contributed by atoms with Crippen molar-refractivity contribution in [2.75, 3.05) is 18.8 Å². The van der Waals surface area contributed by atoms with E-state index in [0.29, 0.717) is 17.7 Å². The van der Waals surface area contributed by atoms with Crippen LogP contribution in [0.2, 0.25) is 0 Å². The Labute approximate surface area is 129 Å². The molecule has 1 saturated heterocycles. The number of carbonyl (C=O) groups is 1. The third-order valence-electron chi connectivity index (χ3n) is 4.47. The van der Waals surface area contributed by atoms with Crippen LogP contribution in [0.4, 0.5) is 0 Å². The lowest BCUT2D eigenvalue weighted by Gasteiger charge is -2.30. The van der Waals surface area contributed by atoms with E-state index < -0.39 is 0 Å². The topological polar surface area (TPSA) is 63.9 Å². The molecule has 1 aliphatic heterocycles. The van der Waals surface area contributed by atoms with Crippen LogP contribution < -0.4 is 0 Å². The Morgan fingerprint density at radius 1 is 1.29 bits per heavy atom. The monoisotopic (exact) mass is 309 g/mol. The number of nitrogens with zero attached hydrogens (tertiary/aromatic N) is 5. The zero-order chi connectivity index (χ0) is 14.7. The molecule has 2 heterocycles. The number of likely N-dealkylation sites (tertiary alicyclic amines) is 1. The second kappa shape index (κ2) is 6.77. The van der Waals surface area contributed by atoms with Crippen molar-refractivity contribution in [2.24, 2.45) is 5.92 Å². The SMILES string of the molecule is CC1CCCN(C(=O)CSc2nnnn2C2CCCC2)C1. The zero-order valence-electron chi connectivity index (χ0n) is 12.6. The van der Waals surface area contributed by atoms with Gasteiger partial charge >= 0.3 is 0 Å². The fourth-order valence-corrected chi connectivity index (χ4v) is 4.14. The Bertz CT molecular complexity index is 485. The quantitative estimate of drug-likeness (QED) is 0.797. The van der Waals surface area contributed by atoms with Crippen molar-refractivity contribution in [1.82, 2.24) is 25.1 Å². The van der Waals surface area contributed by atoms with Crippen LogP contribution in [-0.2, 0) is 4.79 Å². The Morgan fingerprint density at radius 2 is 2.10 bits per heavy atom. The lowest BCUT2D eigenvalue weighted by molar-refractivity contribution is -0.130. The average Bonchev–Trinajstić information content (AvgIpc) is 3.15. The summed E-state index contributed by atoms with van der Waals surface area (Å²) in [5.41, 5.74) is 0. The van der Waals surface area contributed by atoms with Crippen LogP contribution >= 0.6 is 11.8 Å². The minimum atomic E-state index is 0.215. The molecule has 0 aromatic carbocycles. The van der Waals surface area contributed by atoms with Gasteiger partial charge in [0, 0.05) is 13.1 Å². The van der Waals surface area contributed by atoms with E-state index >= 15 is 0 Å². The van der Waals surface area contributed by atoms with Crippen molar-refractivity contribution in [2.45, 2.75) is 56.6 Å². The summed E-state index contributed by atoms with van der Waals surface area (Å²) in [6.45, 7) is 4.01. The molecule has 1 aromatic heterocycles. The first-order valence-electron chi connectivity index (χ1n) is 7.92. The molecule has 0 spiro atoms. The highest BCUT2D eigenvalue weighted by Gasteiger charge is 2.24. The number of piperidine rings is 1. The molecule has 1 saturated carbocycles. The van der Waals surface area contributed by atoms with Crippen LogP contribution in [-0.4, -0.2) is 49.9 Å². The van der Waals surface area contributed by atoms with Gasteiger partial charge in [0.25, 0.3) is 0 Å². The average molecular weight is 309 g/mol. The first-order valence-corrected chi connectivity index (χ1v) is 8.91. The second-order valence-corrected chi connectivity index (χ2v) is 7.16. The van der Waals surface area contributed by atoms with Crippen molar-refractivity contribution in [3.8, 4) is 0 Å². The molecule has 2 aliphatic rings. The molecule has 0 radical (unpaired) electrons. The van der Waals surface area contributed by atoms with Crippen LogP contribution in [0.15, 0.2) is 5.16 Å². The number of hydrogen-bond donors (Lipinski definition) is 0. The van der Waals surface area contributed by atoms with Crippen LogP contribution in [0.25, 0.3) is 0 Å². The summed E-state index contributed by atoms with van der Waals surface area (Å²) >= 11 is 1.48. The molecular formula is C14H23N5OS. The molecule has 116 valence electrons. The number of thioether (sulfide) groups is 1. The summed E-state index contributed by atoms with van der Waals surface area (Å²) in [7, 11) is 0. The molecule has 1 amide bonds. The van der Waals surface area contributed by atoms with Crippen molar-refractivity contribution in [3.63, 3.8) is 0 Å². The van der Waals surface area contributed by atoms with E-state index in [1.54, 1.807) is 0 Å². The van der Waals surface area contributed by atoms with Gasteiger partial charge in [-0.05, 0) is 42.0 Å². The molecule has 6 nitrogen and oxygen atoms in total. The van der Waals surface area contributed by atoms with Crippen LogP contribution in [0.3, 0.4) is 0 Å². The fourth-order valence-electron chi connectivity index (χ4n) is 3.29. The molecule has 1 aromatic rings. The largest absolute Gasteiger partial charge is 0.342 e. The molecule has 1 aliphatic carbocycles. The van der Waals surface area contributed by atoms with Gasteiger partial charge in [0.15, 0.2) is 0 Å². The highest BCUT2D eigenvalue weighted by atomic mass is 32.2. The maximum atomic E-state index is 12.3. The number of aromatic nitrogens is 4. The van der Waals surface area contributed by atoms with E-state index in [1.807, 2.05) is 9.58 Å². The Kier molecular flexibility index (Phi) is 4.77. The lowest BCUT2D eigenvalue weighted by atomic mass is 10.0. The van der Waals surface area contributed by atoms with E-state index in [0.717, 1.165) is 37.5 Å². The van der Waals surface area contributed by atoms with Crippen LogP contribution in [0.1, 0.15) is 51.5 Å². The van der Waals surface area contributed by atoms with Gasteiger partial charge in [0.2, 0.25) is 11.1 Å². The summed E-state index contributed by atoms with van der Waals surface area (Å²) in [6.07, 6.45) is 7.15. The summed E-state index contributed by atoms with van der Waals surface area (Å²) in [6, 6.07) is 0.424. The minimum Gasteiger partial charge on any atom is -0.342 e. The molecule has 1 unspecified atom stereocenters. The molecule has 7 heteroatoms. The third kappa shape index (κ3) is 3.56. The lowest BCUT2D eigenvalue weighted by Crippen LogP contribution is -2.40. The Balaban J connectivity index is 1.55. The van der Waals surface area contributed by atoms with Crippen molar-refractivity contribution >= 4 is 17.7 Å². The summed E-state index contributed by atoms with van der Waals surface area (Å²) in [4.78, 5) is 14.3. The summed E-state index contributed by atoms with van der Waals surface area (Å²) in [5, 5.41) is 12.8. The number of hydrogen-bond acceptors (Lipinski definition) is 5. The first-order chi connectivity index (χ1) is 10.2. The van der Waals surface area contributed by atoms with E-state index in [9.17, 15) is 4.79 Å². The Morgan fingerprint density at radius 3 is 2.86 bits per heavy atom. The maximum absolute atomic E-state index is 12.3. The normalized spacial score (nSPS) is 23.7. The first kappa shape index (κ1) is 14.8. The number of amides is 1. The van der Waals surface area contributed by atoms with E-state index in [1.165, 1.54) is 31.0 Å².